The van der Waals surface area contributed by atoms with E-state index in [0.29, 0.717) is 17.7 Å². The van der Waals surface area contributed by atoms with Crippen molar-refractivity contribution in [2.75, 3.05) is 0 Å². The van der Waals surface area contributed by atoms with Crippen molar-refractivity contribution in [3.63, 3.8) is 0 Å². The fourth-order valence-corrected chi connectivity index (χ4v) is 5.11. The topological polar surface area (TPSA) is 68.2 Å². The van der Waals surface area contributed by atoms with Crippen molar-refractivity contribution in [1.82, 2.24) is 24.4 Å². The average Bonchev–Trinajstić information content (AvgIpc) is 3.04. The van der Waals surface area contributed by atoms with Crippen molar-refractivity contribution in [1.29, 1.82) is 0 Å². The summed E-state index contributed by atoms with van der Waals surface area (Å²) in [6.45, 7) is 0. The van der Waals surface area contributed by atoms with E-state index in [0.717, 1.165) is 23.4 Å². The molecule has 2 fully saturated rings. The minimum Gasteiger partial charge on any atom is -0.380 e. The van der Waals surface area contributed by atoms with E-state index < -0.39 is 6.10 Å². The predicted molar refractivity (Wildman–Crippen MR) is 91.2 cm³/mol. The molecule has 3 aromatic heterocycles. The van der Waals surface area contributed by atoms with Crippen molar-refractivity contribution >= 4 is 16.2 Å². The van der Waals surface area contributed by atoms with Gasteiger partial charge in [-0.15, -0.1) is 16.4 Å². The third-order valence-corrected chi connectivity index (χ3v) is 6.57. The smallest absolute Gasteiger partial charge is 0.141 e. The van der Waals surface area contributed by atoms with Crippen molar-refractivity contribution in [2.24, 2.45) is 0 Å². The van der Waals surface area contributed by atoms with Gasteiger partial charge < -0.3 is 5.11 Å². The van der Waals surface area contributed by atoms with E-state index in [1.54, 1.807) is 17.7 Å². The molecule has 1 unspecified atom stereocenters. The third-order valence-electron chi connectivity index (χ3n) is 5.30. The number of hydrogen-bond donors (Lipinski definition) is 1. The zero-order valence-electron chi connectivity index (χ0n) is 13.5. The van der Waals surface area contributed by atoms with Crippen LogP contribution in [-0.2, 0) is 0 Å². The molecule has 0 aromatic carbocycles. The van der Waals surface area contributed by atoms with E-state index in [9.17, 15) is 5.11 Å². The second-order valence-corrected chi connectivity index (χ2v) is 8.11. The monoisotopic (exact) mass is 343 g/mol. The van der Waals surface area contributed by atoms with E-state index in [-0.39, 0.29) is 0 Å². The van der Waals surface area contributed by atoms with Gasteiger partial charge in [-0.25, -0.2) is 9.67 Å². The summed E-state index contributed by atoms with van der Waals surface area (Å²) in [7, 11) is 0. The highest BCUT2D eigenvalue weighted by Crippen LogP contribution is 2.47. The summed E-state index contributed by atoms with van der Waals surface area (Å²) in [5.74, 6) is 0.591. The molecule has 3 heterocycles. The number of nitrogens with zero attached hydrogens (tertiary/aromatic N) is 5. The van der Waals surface area contributed by atoms with Gasteiger partial charge in [0.05, 0.1) is 24.1 Å². The first kappa shape index (κ1) is 14.6. The molecule has 2 aliphatic carbocycles. The fraction of sp³-hybridized carbons (Fsp3) is 0.588. The van der Waals surface area contributed by atoms with Gasteiger partial charge in [-0.1, -0.05) is 24.5 Å². The highest BCUT2D eigenvalue weighted by atomic mass is 32.1. The lowest BCUT2D eigenvalue weighted by Crippen LogP contribution is -2.13. The second-order valence-electron chi connectivity index (χ2n) is 7.05. The molecule has 1 N–H and O–H groups in total. The highest BCUT2D eigenvalue weighted by Gasteiger charge is 2.33. The summed E-state index contributed by atoms with van der Waals surface area (Å²) in [4.78, 5) is 6.59. The normalized spacial score (nSPS) is 20.7. The molecule has 0 amide bonds. The maximum atomic E-state index is 11.0. The molecule has 24 heavy (non-hydrogen) atoms. The Morgan fingerprint density at radius 2 is 2.00 bits per heavy atom. The van der Waals surface area contributed by atoms with Gasteiger partial charge in [-0.3, -0.25) is 4.40 Å². The van der Waals surface area contributed by atoms with Crippen molar-refractivity contribution < 1.29 is 5.11 Å². The number of aromatic nitrogens is 5. The first-order valence-corrected chi connectivity index (χ1v) is 9.67. The van der Waals surface area contributed by atoms with Gasteiger partial charge in [0.1, 0.15) is 23.0 Å². The molecule has 3 aromatic rings. The lowest BCUT2D eigenvalue weighted by atomic mass is 9.96. The number of aliphatic hydroxyl groups excluding tert-OH is 1. The Labute approximate surface area is 144 Å². The van der Waals surface area contributed by atoms with E-state index in [2.05, 4.69) is 15.3 Å². The molecule has 2 aliphatic rings. The van der Waals surface area contributed by atoms with Gasteiger partial charge in [0.15, 0.2) is 0 Å². The number of imidazole rings is 1. The molecule has 0 radical (unpaired) electrons. The number of rotatable bonds is 4. The molecule has 1 atom stereocenters. The Kier molecular flexibility index (Phi) is 3.45. The van der Waals surface area contributed by atoms with Crippen LogP contribution in [0.4, 0.5) is 0 Å². The van der Waals surface area contributed by atoms with Crippen LogP contribution in [0.25, 0.3) is 4.83 Å². The fourth-order valence-electron chi connectivity index (χ4n) is 3.81. The van der Waals surface area contributed by atoms with Gasteiger partial charge in [0, 0.05) is 4.88 Å². The van der Waals surface area contributed by atoms with Crippen molar-refractivity contribution in [2.45, 2.75) is 63.0 Å². The SMILES string of the molecule is OC(c1cn(C2CCCCC2)nn1)c1c(C2CC2)sc2cncn12. The molecule has 5 rings (SSSR count). The van der Waals surface area contributed by atoms with Crippen LogP contribution in [0.5, 0.6) is 0 Å². The van der Waals surface area contributed by atoms with Gasteiger partial charge in [0.25, 0.3) is 0 Å². The summed E-state index contributed by atoms with van der Waals surface area (Å²) in [5.41, 5.74) is 1.58. The lowest BCUT2D eigenvalue weighted by Gasteiger charge is -2.21. The molecule has 126 valence electrons. The number of hydrogen-bond acceptors (Lipinski definition) is 5. The minimum absolute atomic E-state index is 0.436. The quantitative estimate of drug-likeness (QED) is 0.788. The Morgan fingerprint density at radius 1 is 1.17 bits per heavy atom. The summed E-state index contributed by atoms with van der Waals surface area (Å²) in [6, 6.07) is 0.436. The summed E-state index contributed by atoms with van der Waals surface area (Å²) in [5, 5.41) is 19.6. The van der Waals surface area contributed by atoms with Crippen LogP contribution >= 0.6 is 11.3 Å². The maximum absolute atomic E-state index is 11.0. The molecule has 7 heteroatoms. The van der Waals surface area contributed by atoms with Gasteiger partial charge in [-0.2, -0.15) is 0 Å². The van der Waals surface area contributed by atoms with Crippen LogP contribution in [0.3, 0.4) is 0 Å². The Balaban J connectivity index is 1.50. The lowest BCUT2D eigenvalue weighted by molar-refractivity contribution is 0.208. The molecule has 2 saturated carbocycles. The Bertz CT molecular complexity index is 855. The molecule has 0 aliphatic heterocycles. The molecular weight excluding hydrogens is 322 g/mol. The first-order chi connectivity index (χ1) is 11.8. The van der Waals surface area contributed by atoms with E-state index in [4.69, 9.17) is 0 Å². The van der Waals surface area contributed by atoms with Crippen LogP contribution in [0.1, 0.15) is 79.3 Å². The summed E-state index contributed by atoms with van der Waals surface area (Å²) >= 11 is 1.74. The largest absolute Gasteiger partial charge is 0.380 e. The van der Waals surface area contributed by atoms with Crippen LogP contribution < -0.4 is 0 Å². The van der Waals surface area contributed by atoms with Crippen molar-refractivity contribution in [3.05, 3.63) is 35.0 Å². The predicted octanol–water partition coefficient (Wildman–Crippen LogP) is 3.45. The molecule has 6 nitrogen and oxygen atoms in total. The van der Waals surface area contributed by atoms with E-state index in [1.165, 1.54) is 37.0 Å². The van der Waals surface area contributed by atoms with Gasteiger partial charge >= 0.3 is 0 Å². The first-order valence-electron chi connectivity index (χ1n) is 8.85. The number of fused-ring (bicyclic) bond motifs is 1. The minimum atomic E-state index is -0.735. The van der Waals surface area contributed by atoms with Gasteiger partial charge in [0.2, 0.25) is 0 Å². The van der Waals surface area contributed by atoms with E-state index >= 15 is 0 Å². The standard InChI is InChI=1S/C17H21N5OS/c23-16(13-9-22(20-19-13)12-4-2-1-3-5-12)15-17(11-6-7-11)24-14-8-18-10-21(14)15/h8-12,16,23H,1-7H2. The van der Waals surface area contributed by atoms with Gasteiger partial charge in [-0.05, 0) is 31.6 Å². The number of aliphatic hydroxyl groups is 1. The molecule has 0 spiro atoms. The summed E-state index contributed by atoms with van der Waals surface area (Å²) in [6.07, 6.45) is 13.5. The average molecular weight is 343 g/mol. The number of thiazole rings is 1. The van der Waals surface area contributed by atoms with Crippen LogP contribution in [-0.4, -0.2) is 29.5 Å². The summed E-state index contributed by atoms with van der Waals surface area (Å²) < 4.78 is 3.98. The Hall–Kier alpha value is -1.73. The Morgan fingerprint density at radius 3 is 2.79 bits per heavy atom. The zero-order valence-corrected chi connectivity index (χ0v) is 14.3. The van der Waals surface area contributed by atoms with Crippen molar-refractivity contribution in [3.8, 4) is 0 Å². The third kappa shape index (κ3) is 2.38. The van der Waals surface area contributed by atoms with E-state index in [1.807, 2.05) is 21.5 Å². The van der Waals surface area contributed by atoms with Crippen LogP contribution in [0.2, 0.25) is 0 Å². The maximum Gasteiger partial charge on any atom is 0.141 e. The molecular formula is C17H21N5OS. The zero-order chi connectivity index (χ0) is 16.1. The van der Waals surface area contributed by atoms with Crippen LogP contribution in [0, 0.1) is 0 Å². The highest BCUT2D eigenvalue weighted by molar-refractivity contribution is 7.17. The molecule has 0 bridgehead atoms. The second kappa shape index (κ2) is 5.67. The molecule has 0 saturated heterocycles. The van der Waals surface area contributed by atoms with Crippen LogP contribution in [0.15, 0.2) is 18.7 Å².